The molecule has 0 saturated heterocycles. The summed E-state index contributed by atoms with van der Waals surface area (Å²) in [6.45, 7) is 3.88. The molecule has 3 aromatic rings. The molecule has 1 fully saturated rings. The van der Waals surface area contributed by atoms with Gasteiger partial charge in [0.2, 0.25) is 10.0 Å². The number of hydrogen-bond donors (Lipinski definition) is 0. The maximum Gasteiger partial charge on any atom is 0.416 e. The fraction of sp³-hybridized carbons (Fsp3) is 0.458. The zero-order chi connectivity index (χ0) is 24.7. The zero-order valence-corrected chi connectivity index (χ0v) is 20.3. The van der Waals surface area contributed by atoms with E-state index in [4.69, 9.17) is 4.98 Å². The third kappa shape index (κ3) is 5.13. The van der Waals surface area contributed by atoms with Crippen molar-refractivity contribution in [3.05, 3.63) is 59.4 Å². The van der Waals surface area contributed by atoms with Gasteiger partial charge in [-0.2, -0.15) is 13.2 Å². The predicted octanol–water partition coefficient (Wildman–Crippen LogP) is 4.88. The molecule has 6 nitrogen and oxygen atoms in total. The average molecular weight is 495 g/mol. The molecule has 0 unspecified atom stereocenters. The van der Waals surface area contributed by atoms with E-state index in [1.54, 1.807) is 18.2 Å². The molecule has 10 heteroatoms. The summed E-state index contributed by atoms with van der Waals surface area (Å²) in [5.74, 6) is 0.829. The molecule has 2 aromatic carbocycles. The predicted molar refractivity (Wildman–Crippen MR) is 125 cm³/mol. The standard InChI is InChI=1S/C24H29F3N4O2S/c1-4-13-31-22-12-11-20(34(32,33)29(2)3)14-21(22)28-23(31)16-30(19-9-10-19)15-17-5-7-18(8-6-17)24(25,26)27/h5-8,11-12,14,19H,4,9-10,13,15-16H2,1-3H3. The number of aromatic nitrogens is 2. The van der Waals surface area contributed by atoms with Crippen LogP contribution in [0.4, 0.5) is 13.2 Å². The molecular weight excluding hydrogens is 465 g/mol. The van der Waals surface area contributed by atoms with Gasteiger partial charge in [0.1, 0.15) is 5.82 Å². The molecule has 0 spiro atoms. The van der Waals surface area contributed by atoms with Crippen LogP contribution in [0, 0.1) is 0 Å². The number of sulfonamides is 1. The highest BCUT2D eigenvalue weighted by Crippen LogP contribution is 2.32. The van der Waals surface area contributed by atoms with Crippen molar-refractivity contribution < 1.29 is 21.6 Å². The summed E-state index contributed by atoms with van der Waals surface area (Å²) >= 11 is 0. The van der Waals surface area contributed by atoms with Crippen molar-refractivity contribution in [3.63, 3.8) is 0 Å². The zero-order valence-electron chi connectivity index (χ0n) is 19.5. The lowest BCUT2D eigenvalue weighted by Gasteiger charge is -2.22. The van der Waals surface area contributed by atoms with Crippen LogP contribution in [0.25, 0.3) is 11.0 Å². The van der Waals surface area contributed by atoms with Gasteiger partial charge in [-0.1, -0.05) is 19.1 Å². The lowest BCUT2D eigenvalue weighted by atomic mass is 10.1. The van der Waals surface area contributed by atoms with Crippen molar-refractivity contribution in [3.8, 4) is 0 Å². The Morgan fingerprint density at radius 3 is 2.29 bits per heavy atom. The van der Waals surface area contributed by atoms with E-state index < -0.39 is 21.8 Å². The molecular formula is C24H29F3N4O2S. The topological polar surface area (TPSA) is 58.4 Å². The molecule has 184 valence electrons. The minimum Gasteiger partial charge on any atom is -0.327 e. The SMILES string of the molecule is CCCn1c(CN(Cc2ccc(C(F)(F)F)cc2)C2CC2)nc2cc(S(=O)(=O)N(C)C)ccc21. The number of hydrogen-bond acceptors (Lipinski definition) is 4. The van der Waals surface area contributed by atoms with Gasteiger partial charge in [0.25, 0.3) is 0 Å². The van der Waals surface area contributed by atoms with Gasteiger partial charge >= 0.3 is 6.18 Å². The Morgan fingerprint density at radius 2 is 1.74 bits per heavy atom. The molecule has 0 bridgehead atoms. The van der Waals surface area contributed by atoms with Gasteiger partial charge in [0.15, 0.2) is 0 Å². The van der Waals surface area contributed by atoms with Crippen LogP contribution in [0.1, 0.15) is 43.1 Å². The van der Waals surface area contributed by atoms with Crippen molar-refractivity contribution in [2.45, 2.75) is 62.9 Å². The lowest BCUT2D eigenvalue weighted by molar-refractivity contribution is -0.137. The lowest BCUT2D eigenvalue weighted by Crippen LogP contribution is -2.27. The number of aryl methyl sites for hydroxylation is 1. The normalized spacial score (nSPS) is 15.1. The molecule has 1 aromatic heterocycles. The molecule has 34 heavy (non-hydrogen) atoms. The second-order valence-corrected chi connectivity index (χ2v) is 11.1. The smallest absolute Gasteiger partial charge is 0.327 e. The number of imidazole rings is 1. The van der Waals surface area contributed by atoms with E-state index in [9.17, 15) is 21.6 Å². The van der Waals surface area contributed by atoms with E-state index >= 15 is 0 Å². The van der Waals surface area contributed by atoms with Crippen LogP contribution in [0.3, 0.4) is 0 Å². The molecule has 1 aliphatic carbocycles. The third-order valence-corrected chi connectivity index (χ3v) is 7.91. The highest BCUT2D eigenvalue weighted by Gasteiger charge is 2.32. The Bertz CT molecular complexity index is 1260. The van der Waals surface area contributed by atoms with Crippen molar-refractivity contribution >= 4 is 21.1 Å². The maximum atomic E-state index is 12.9. The summed E-state index contributed by atoms with van der Waals surface area (Å²) in [7, 11) is -0.581. The fourth-order valence-electron chi connectivity index (χ4n) is 4.09. The molecule has 1 aliphatic rings. The van der Waals surface area contributed by atoms with Crippen molar-refractivity contribution in [2.75, 3.05) is 14.1 Å². The minimum atomic E-state index is -4.35. The van der Waals surface area contributed by atoms with Gasteiger partial charge in [-0.05, 0) is 55.2 Å². The van der Waals surface area contributed by atoms with Crippen LogP contribution in [0.5, 0.6) is 0 Å². The first-order valence-corrected chi connectivity index (χ1v) is 12.8. The Labute approximate surface area is 198 Å². The molecule has 0 aliphatic heterocycles. The van der Waals surface area contributed by atoms with Crippen LogP contribution in [0.2, 0.25) is 0 Å². The number of rotatable bonds is 9. The Kier molecular flexibility index (Phi) is 6.76. The van der Waals surface area contributed by atoms with Gasteiger partial charge in [-0.15, -0.1) is 0 Å². The first kappa shape index (κ1) is 24.7. The molecule has 1 heterocycles. The minimum absolute atomic E-state index is 0.196. The third-order valence-electron chi connectivity index (χ3n) is 6.10. The number of fused-ring (bicyclic) bond motifs is 1. The van der Waals surface area contributed by atoms with Gasteiger partial charge in [0, 0.05) is 33.2 Å². The summed E-state index contributed by atoms with van der Waals surface area (Å²) in [5.41, 5.74) is 1.66. The molecule has 1 saturated carbocycles. The number of alkyl halides is 3. The largest absolute Gasteiger partial charge is 0.416 e. The van der Waals surface area contributed by atoms with E-state index in [1.165, 1.54) is 30.5 Å². The van der Waals surface area contributed by atoms with Crippen LogP contribution < -0.4 is 0 Å². The molecule has 0 amide bonds. The highest BCUT2D eigenvalue weighted by atomic mass is 32.2. The summed E-state index contributed by atoms with van der Waals surface area (Å²) < 4.78 is 67.2. The van der Waals surface area contributed by atoms with E-state index in [2.05, 4.69) is 16.4 Å². The van der Waals surface area contributed by atoms with Crippen LogP contribution in [-0.2, 0) is 35.8 Å². The van der Waals surface area contributed by atoms with Crippen molar-refractivity contribution in [1.29, 1.82) is 0 Å². The number of nitrogens with zero attached hydrogens (tertiary/aromatic N) is 4. The van der Waals surface area contributed by atoms with Crippen LogP contribution in [0.15, 0.2) is 47.4 Å². The maximum absolute atomic E-state index is 12.9. The Hall–Kier alpha value is -2.43. The highest BCUT2D eigenvalue weighted by molar-refractivity contribution is 7.89. The fourth-order valence-corrected chi connectivity index (χ4v) is 5.02. The Balaban J connectivity index is 1.63. The summed E-state index contributed by atoms with van der Waals surface area (Å²) in [4.78, 5) is 7.23. The van der Waals surface area contributed by atoms with E-state index in [1.807, 2.05) is 0 Å². The average Bonchev–Trinajstić information content (AvgIpc) is 3.57. The van der Waals surface area contributed by atoms with Gasteiger partial charge in [0.05, 0.1) is 28.0 Å². The molecule has 0 atom stereocenters. The van der Waals surface area contributed by atoms with Gasteiger partial charge in [-0.25, -0.2) is 17.7 Å². The second-order valence-electron chi connectivity index (χ2n) is 8.95. The van der Waals surface area contributed by atoms with Crippen LogP contribution in [-0.4, -0.2) is 47.3 Å². The first-order valence-electron chi connectivity index (χ1n) is 11.3. The second kappa shape index (κ2) is 9.31. The van der Waals surface area contributed by atoms with E-state index in [0.29, 0.717) is 24.6 Å². The molecule has 0 N–H and O–H groups in total. The van der Waals surface area contributed by atoms with Crippen molar-refractivity contribution in [1.82, 2.24) is 18.8 Å². The quantitative estimate of drug-likeness (QED) is 0.426. The summed E-state index contributed by atoms with van der Waals surface area (Å²) in [5, 5.41) is 0. The number of halogens is 3. The summed E-state index contributed by atoms with van der Waals surface area (Å²) in [6, 6.07) is 10.7. The molecule has 0 radical (unpaired) electrons. The van der Waals surface area contributed by atoms with Gasteiger partial charge < -0.3 is 4.57 Å². The first-order chi connectivity index (χ1) is 16.0. The van der Waals surface area contributed by atoms with Crippen LogP contribution >= 0.6 is 0 Å². The Morgan fingerprint density at radius 1 is 1.06 bits per heavy atom. The number of benzene rings is 2. The monoisotopic (exact) mass is 494 g/mol. The van der Waals surface area contributed by atoms with Gasteiger partial charge in [-0.3, -0.25) is 4.90 Å². The van der Waals surface area contributed by atoms with E-state index in [-0.39, 0.29) is 4.90 Å². The van der Waals surface area contributed by atoms with E-state index in [0.717, 1.165) is 54.8 Å². The summed E-state index contributed by atoms with van der Waals surface area (Å²) in [6.07, 6.45) is -1.38. The molecule has 4 rings (SSSR count). The van der Waals surface area contributed by atoms with Crippen molar-refractivity contribution in [2.24, 2.45) is 0 Å².